The Balaban J connectivity index is 4.38. The minimum absolute atomic E-state index is 0.0109. The molecule has 0 aliphatic heterocycles. The van der Waals surface area contributed by atoms with Crippen LogP contribution in [0.1, 0.15) is 13.8 Å². The van der Waals surface area contributed by atoms with Gasteiger partial charge in [-0.3, -0.25) is 0 Å². The number of rotatable bonds is 7. The number of carbonyl (C=O) groups is 1. The van der Waals surface area contributed by atoms with Crippen molar-refractivity contribution in [1.29, 1.82) is 0 Å². The topological polar surface area (TPSA) is 61.8 Å². The van der Waals surface area contributed by atoms with E-state index in [0.29, 0.717) is 0 Å². The molecule has 0 aliphatic rings. The summed E-state index contributed by atoms with van der Waals surface area (Å²) in [6.45, 7) is 6.83. The smallest absolute Gasteiger partial charge is 0.438 e. The Kier molecular flexibility index (Phi) is 6.45. The Morgan fingerprint density at radius 1 is 1.36 bits per heavy atom. The molecule has 0 N–H and O–H groups in total. The maximum Gasteiger partial charge on any atom is 0.438 e. The molecular weight excluding hydrogens is 207 g/mol. The Bertz CT molecular complexity index is 228. The third-order valence-electron chi connectivity index (χ3n) is 1.15. The van der Waals surface area contributed by atoms with Crippen molar-refractivity contribution in [2.24, 2.45) is 0 Å². The zero-order valence-corrected chi connectivity index (χ0v) is 9.29. The average molecular weight is 222 g/mol. The molecule has 0 aliphatic carbocycles. The minimum Gasteiger partial charge on any atom is -0.452 e. The summed E-state index contributed by atoms with van der Waals surface area (Å²) in [4.78, 5) is 11.2. The highest BCUT2D eigenvalue weighted by atomic mass is 31.2. The largest absolute Gasteiger partial charge is 0.452 e. The molecule has 14 heavy (non-hydrogen) atoms. The molecule has 0 bridgehead atoms. The maximum atomic E-state index is 11.7. The predicted octanol–water partition coefficient (Wildman–Crippen LogP) is 2.58. The van der Waals surface area contributed by atoms with Gasteiger partial charge in [-0.25, -0.2) is 9.36 Å². The van der Waals surface area contributed by atoms with Crippen LogP contribution in [-0.4, -0.2) is 25.5 Å². The van der Waals surface area contributed by atoms with Crippen molar-refractivity contribution in [2.45, 2.75) is 13.8 Å². The molecule has 6 heteroatoms. The summed E-state index contributed by atoms with van der Waals surface area (Å²) in [6, 6.07) is 0. The lowest BCUT2D eigenvalue weighted by Crippen LogP contribution is -2.09. The van der Waals surface area contributed by atoms with Gasteiger partial charge in [-0.2, -0.15) is 0 Å². The predicted molar refractivity (Wildman–Crippen MR) is 52.4 cm³/mol. The van der Waals surface area contributed by atoms with Crippen LogP contribution in [-0.2, 0) is 18.3 Å². The molecule has 0 heterocycles. The first-order valence-corrected chi connectivity index (χ1v) is 5.82. The molecule has 0 amide bonds. The normalized spacial score (nSPS) is 11.0. The highest BCUT2D eigenvalue weighted by molar-refractivity contribution is 7.71. The van der Waals surface area contributed by atoms with E-state index >= 15 is 0 Å². The van der Waals surface area contributed by atoms with Gasteiger partial charge in [0.15, 0.2) is 0 Å². The highest BCUT2D eigenvalue weighted by Gasteiger charge is 2.36. The Morgan fingerprint density at radius 3 is 2.21 bits per heavy atom. The zero-order valence-electron chi connectivity index (χ0n) is 8.39. The average Bonchev–Trinajstić information content (AvgIpc) is 2.15. The molecule has 0 aromatic heterocycles. The summed E-state index contributed by atoms with van der Waals surface area (Å²) in [5.41, 5.74) is -0.971. The zero-order chi connectivity index (χ0) is 11.0. The minimum atomic E-state index is -3.75. The van der Waals surface area contributed by atoms with Crippen LogP contribution in [0, 0.1) is 0 Å². The molecule has 0 spiro atoms. The van der Waals surface area contributed by atoms with E-state index in [2.05, 4.69) is 11.3 Å². The summed E-state index contributed by atoms with van der Waals surface area (Å²) in [6.07, 6.45) is 1.38. The third-order valence-corrected chi connectivity index (χ3v) is 2.92. The van der Waals surface area contributed by atoms with Crippen LogP contribution < -0.4 is 0 Å². The van der Waals surface area contributed by atoms with E-state index < -0.39 is 13.3 Å². The van der Waals surface area contributed by atoms with Crippen LogP contribution in [0.15, 0.2) is 12.7 Å². The highest BCUT2D eigenvalue weighted by Crippen LogP contribution is 2.49. The van der Waals surface area contributed by atoms with E-state index in [0.717, 1.165) is 0 Å². The van der Waals surface area contributed by atoms with Gasteiger partial charge >= 0.3 is 13.3 Å². The van der Waals surface area contributed by atoms with Crippen LogP contribution in [0.4, 0.5) is 4.79 Å². The Labute approximate surface area is 83.6 Å². The lowest BCUT2D eigenvalue weighted by Gasteiger charge is -2.14. The van der Waals surface area contributed by atoms with Gasteiger partial charge in [-0.05, 0) is 13.8 Å². The van der Waals surface area contributed by atoms with Gasteiger partial charge in [0.1, 0.15) is 6.61 Å². The molecule has 0 saturated carbocycles. The quantitative estimate of drug-likeness (QED) is 0.489. The molecule has 0 radical (unpaired) electrons. The van der Waals surface area contributed by atoms with Crippen LogP contribution in [0.2, 0.25) is 0 Å². The van der Waals surface area contributed by atoms with Crippen molar-refractivity contribution >= 4 is 13.3 Å². The molecule has 0 unspecified atom stereocenters. The summed E-state index contributed by atoms with van der Waals surface area (Å²) < 4.78 is 25.8. The molecule has 0 atom stereocenters. The van der Waals surface area contributed by atoms with E-state index in [1.807, 2.05) is 0 Å². The van der Waals surface area contributed by atoms with Gasteiger partial charge in [-0.15, -0.1) is 0 Å². The monoisotopic (exact) mass is 222 g/mol. The van der Waals surface area contributed by atoms with Crippen LogP contribution >= 0.6 is 7.60 Å². The molecule has 0 rings (SSSR count). The second-order valence-corrected chi connectivity index (χ2v) is 4.08. The summed E-state index contributed by atoms with van der Waals surface area (Å²) >= 11 is 0. The number of hydrogen-bond acceptors (Lipinski definition) is 5. The van der Waals surface area contributed by atoms with Gasteiger partial charge in [0.2, 0.25) is 0 Å². The molecular formula is C8H15O5P. The van der Waals surface area contributed by atoms with Gasteiger partial charge in [-0.1, -0.05) is 12.7 Å². The first-order valence-electron chi connectivity index (χ1n) is 4.28. The number of carbonyl (C=O) groups excluding carboxylic acids is 1. The van der Waals surface area contributed by atoms with Crippen molar-refractivity contribution < 1.29 is 23.1 Å². The molecule has 82 valence electrons. The summed E-state index contributed by atoms with van der Waals surface area (Å²) in [5.74, 6) is 0. The lowest BCUT2D eigenvalue weighted by molar-refractivity contribution is 0.157. The van der Waals surface area contributed by atoms with E-state index in [1.165, 1.54) is 6.08 Å². The van der Waals surface area contributed by atoms with Gasteiger partial charge < -0.3 is 13.8 Å². The fraction of sp³-hybridized carbons (Fsp3) is 0.625. The van der Waals surface area contributed by atoms with Crippen molar-refractivity contribution in [3.63, 3.8) is 0 Å². The van der Waals surface area contributed by atoms with Gasteiger partial charge in [0.25, 0.3) is 0 Å². The maximum absolute atomic E-state index is 11.7. The van der Waals surface area contributed by atoms with E-state index in [4.69, 9.17) is 9.05 Å². The van der Waals surface area contributed by atoms with Gasteiger partial charge in [0, 0.05) is 0 Å². The van der Waals surface area contributed by atoms with Crippen LogP contribution in [0.3, 0.4) is 0 Å². The third kappa shape index (κ3) is 4.05. The lowest BCUT2D eigenvalue weighted by atomic mass is 10.7. The second kappa shape index (κ2) is 6.76. The molecule has 0 saturated heterocycles. The first-order chi connectivity index (χ1) is 6.60. The number of ether oxygens (including phenoxy) is 1. The van der Waals surface area contributed by atoms with E-state index in [-0.39, 0.29) is 19.8 Å². The second-order valence-electron chi connectivity index (χ2n) is 2.20. The van der Waals surface area contributed by atoms with Crippen LogP contribution in [0.25, 0.3) is 0 Å². The summed E-state index contributed by atoms with van der Waals surface area (Å²) in [5, 5.41) is 0. The Hall–Kier alpha value is -0.640. The van der Waals surface area contributed by atoms with Crippen molar-refractivity contribution in [3.8, 4) is 0 Å². The Morgan fingerprint density at radius 2 is 1.86 bits per heavy atom. The molecule has 0 aromatic carbocycles. The van der Waals surface area contributed by atoms with Crippen molar-refractivity contribution in [3.05, 3.63) is 12.7 Å². The van der Waals surface area contributed by atoms with Gasteiger partial charge in [0.05, 0.1) is 13.2 Å². The van der Waals surface area contributed by atoms with E-state index in [9.17, 15) is 9.36 Å². The van der Waals surface area contributed by atoms with Crippen molar-refractivity contribution in [2.75, 3.05) is 19.8 Å². The van der Waals surface area contributed by atoms with Crippen LogP contribution in [0.5, 0.6) is 0 Å². The first kappa shape index (κ1) is 13.4. The molecule has 0 aromatic rings. The van der Waals surface area contributed by atoms with Crippen molar-refractivity contribution in [1.82, 2.24) is 0 Å². The fourth-order valence-electron chi connectivity index (χ4n) is 0.692. The molecule has 0 fully saturated rings. The summed E-state index contributed by atoms with van der Waals surface area (Å²) in [7, 11) is -3.75. The molecule has 5 nitrogen and oxygen atoms in total. The van der Waals surface area contributed by atoms with E-state index in [1.54, 1.807) is 13.8 Å². The standard InChI is InChI=1S/C8H15O5P/c1-4-7-11-8(9)14(10,12-5-2)13-6-3/h4H,1,5-7H2,2-3H3. The fourth-order valence-corrected chi connectivity index (χ4v) is 1.89. The number of hydrogen-bond donors (Lipinski definition) is 0. The SMILES string of the molecule is C=CCOC(=O)P(=O)(OCC)OCC.